The van der Waals surface area contributed by atoms with E-state index in [1.165, 1.54) is 4.90 Å². The predicted molar refractivity (Wildman–Crippen MR) is 80.9 cm³/mol. The molecule has 0 radical (unpaired) electrons. The molecule has 5 nitrogen and oxygen atoms in total. The number of hydrogen-bond acceptors (Lipinski definition) is 2. The molecule has 5 heteroatoms. The summed E-state index contributed by atoms with van der Waals surface area (Å²) in [5.74, 6) is -0.979. The second kappa shape index (κ2) is 8.12. The summed E-state index contributed by atoms with van der Waals surface area (Å²) in [6.45, 7) is 12.1. The zero-order valence-electron chi connectivity index (χ0n) is 13.8. The molecule has 2 amide bonds. The van der Waals surface area contributed by atoms with Crippen LogP contribution >= 0.6 is 0 Å². The molecule has 20 heavy (non-hydrogen) atoms. The molecule has 0 aliphatic rings. The van der Waals surface area contributed by atoms with Gasteiger partial charge in [-0.25, -0.2) is 4.79 Å². The van der Waals surface area contributed by atoms with Gasteiger partial charge in [-0.1, -0.05) is 20.3 Å². The number of unbranched alkanes of at least 4 members (excludes halogenated alkanes) is 1. The number of carbonyl (C=O) groups is 2. The van der Waals surface area contributed by atoms with E-state index in [-0.39, 0.29) is 18.6 Å². The van der Waals surface area contributed by atoms with E-state index < -0.39 is 11.5 Å². The van der Waals surface area contributed by atoms with Crippen LogP contribution in [0.4, 0.5) is 4.79 Å². The Morgan fingerprint density at radius 2 is 1.75 bits per heavy atom. The molecular formula is C15H30N2O3. The first-order valence-corrected chi connectivity index (χ1v) is 7.45. The quantitative estimate of drug-likeness (QED) is 0.782. The summed E-state index contributed by atoms with van der Waals surface area (Å²) in [5.41, 5.74) is -0.507. The van der Waals surface area contributed by atoms with Crippen LogP contribution in [-0.2, 0) is 4.79 Å². The van der Waals surface area contributed by atoms with E-state index in [0.29, 0.717) is 6.54 Å². The van der Waals surface area contributed by atoms with Crippen molar-refractivity contribution in [2.45, 2.75) is 72.4 Å². The second-order valence-electron chi connectivity index (χ2n) is 6.24. The molecule has 1 N–H and O–H groups in total. The third-order valence-corrected chi connectivity index (χ3v) is 3.46. The lowest BCUT2D eigenvalue weighted by atomic mass is 10.1. The first-order valence-electron chi connectivity index (χ1n) is 7.45. The highest BCUT2D eigenvalue weighted by Gasteiger charge is 2.32. The SMILES string of the molecule is CCCCN(C(=O)N(CC(=O)O)C(C)(C)C)C(C)CC. The number of nitrogens with zero attached hydrogens (tertiary/aromatic N) is 2. The predicted octanol–water partition coefficient (Wildman–Crippen LogP) is 3.19. The van der Waals surface area contributed by atoms with Gasteiger partial charge < -0.3 is 14.9 Å². The molecule has 0 aliphatic carbocycles. The highest BCUT2D eigenvalue weighted by molar-refractivity contribution is 5.81. The van der Waals surface area contributed by atoms with Gasteiger partial charge in [0.15, 0.2) is 0 Å². The van der Waals surface area contributed by atoms with E-state index in [1.807, 2.05) is 34.6 Å². The maximum atomic E-state index is 12.7. The fourth-order valence-electron chi connectivity index (χ4n) is 1.94. The van der Waals surface area contributed by atoms with Crippen molar-refractivity contribution in [3.63, 3.8) is 0 Å². The summed E-state index contributed by atoms with van der Waals surface area (Å²) in [7, 11) is 0. The maximum Gasteiger partial charge on any atom is 0.323 e. The average Bonchev–Trinajstić information content (AvgIpc) is 2.34. The van der Waals surface area contributed by atoms with Gasteiger partial charge in [0, 0.05) is 18.1 Å². The number of urea groups is 1. The molecule has 0 aromatic carbocycles. The van der Waals surface area contributed by atoms with Gasteiger partial charge in [0.2, 0.25) is 0 Å². The van der Waals surface area contributed by atoms with Crippen molar-refractivity contribution < 1.29 is 14.7 Å². The zero-order valence-corrected chi connectivity index (χ0v) is 13.8. The Labute approximate surface area is 122 Å². The Morgan fingerprint density at radius 3 is 2.10 bits per heavy atom. The van der Waals surface area contributed by atoms with Gasteiger partial charge in [0.25, 0.3) is 0 Å². The Kier molecular flexibility index (Phi) is 7.61. The molecule has 0 rings (SSSR count). The van der Waals surface area contributed by atoms with Crippen molar-refractivity contribution >= 4 is 12.0 Å². The highest BCUT2D eigenvalue weighted by atomic mass is 16.4. The van der Waals surface area contributed by atoms with E-state index in [4.69, 9.17) is 5.11 Å². The normalized spacial score (nSPS) is 12.9. The van der Waals surface area contributed by atoms with Gasteiger partial charge in [-0.2, -0.15) is 0 Å². The molecule has 0 heterocycles. The fraction of sp³-hybridized carbons (Fsp3) is 0.867. The van der Waals surface area contributed by atoms with Crippen molar-refractivity contribution in [3.05, 3.63) is 0 Å². The number of rotatable bonds is 7. The topological polar surface area (TPSA) is 60.9 Å². The third-order valence-electron chi connectivity index (χ3n) is 3.46. The fourth-order valence-corrected chi connectivity index (χ4v) is 1.94. The van der Waals surface area contributed by atoms with E-state index in [1.54, 1.807) is 4.90 Å². The lowest BCUT2D eigenvalue weighted by Gasteiger charge is -2.40. The number of carboxylic acids is 1. The molecule has 1 atom stereocenters. The Hall–Kier alpha value is -1.26. The van der Waals surface area contributed by atoms with Crippen molar-refractivity contribution in [2.75, 3.05) is 13.1 Å². The van der Waals surface area contributed by atoms with Crippen LogP contribution in [0.5, 0.6) is 0 Å². The molecule has 0 spiro atoms. The zero-order chi connectivity index (χ0) is 15.9. The van der Waals surface area contributed by atoms with Crippen LogP contribution in [0.1, 0.15) is 60.8 Å². The summed E-state index contributed by atoms with van der Waals surface area (Å²) in [5, 5.41) is 9.04. The molecule has 0 saturated carbocycles. The molecule has 0 bridgehead atoms. The van der Waals surface area contributed by atoms with E-state index >= 15 is 0 Å². The first-order chi connectivity index (χ1) is 9.15. The molecular weight excluding hydrogens is 256 g/mol. The average molecular weight is 286 g/mol. The van der Waals surface area contributed by atoms with Gasteiger partial charge in [0.1, 0.15) is 6.54 Å². The van der Waals surface area contributed by atoms with Crippen LogP contribution in [0.25, 0.3) is 0 Å². The van der Waals surface area contributed by atoms with Gasteiger partial charge in [-0.3, -0.25) is 4.79 Å². The van der Waals surface area contributed by atoms with Crippen molar-refractivity contribution in [1.82, 2.24) is 9.80 Å². The number of aliphatic carboxylic acids is 1. The maximum absolute atomic E-state index is 12.7. The number of amides is 2. The molecule has 0 aliphatic heterocycles. The van der Waals surface area contributed by atoms with E-state index in [9.17, 15) is 9.59 Å². The summed E-state index contributed by atoms with van der Waals surface area (Å²) < 4.78 is 0. The smallest absolute Gasteiger partial charge is 0.323 e. The molecule has 0 aromatic heterocycles. The van der Waals surface area contributed by atoms with Crippen LogP contribution < -0.4 is 0 Å². The van der Waals surface area contributed by atoms with Gasteiger partial charge in [0.05, 0.1) is 0 Å². The van der Waals surface area contributed by atoms with Gasteiger partial charge >= 0.3 is 12.0 Å². The molecule has 118 valence electrons. The van der Waals surface area contributed by atoms with E-state index in [2.05, 4.69) is 6.92 Å². The minimum absolute atomic E-state index is 0.118. The van der Waals surface area contributed by atoms with Crippen LogP contribution in [0.15, 0.2) is 0 Å². The number of carboxylic acid groups (broad SMARTS) is 1. The lowest BCUT2D eigenvalue weighted by Crippen LogP contribution is -2.55. The highest BCUT2D eigenvalue weighted by Crippen LogP contribution is 2.18. The minimum atomic E-state index is -0.979. The number of carbonyl (C=O) groups excluding carboxylic acids is 1. The third kappa shape index (κ3) is 5.80. The molecule has 0 fully saturated rings. The summed E-state index contributed by atoms with van der Waals surface area (Å²) in [6.07, 6.45) is 2.80. The largest absolute Gasteiger partial charge is 0.480 e. The molecule has 0 saturated heterocycles. The Balaban J connectivity index is 5.18. The molecule has 1 unspecified atom stereocenters. The van der Waals surface area contributed by atoms with Crippen LogP contribution in [0, 0.1) is 0 Å². The minimum Gasteiger partial charge on any atom is -0.480 e. The van der Waals surface area contributed by atoms with Crippen molar-refractivity contribution in [1.29, 1.82) is 0 Å². The Bertz CT molecular complexity index is 324. The summed E-state index contributed by atoms with van der Waals surface area (Å²) >= 11 is 0. The van der Waals surface area contributed by atoms with Crippen LogP contribution in [0.3, 0.4) is 0 Å². The van der Waals surface area contributed by atoms with Gasteiger partial charge in [-0.05, 0) is 40.5 Å². The van der Waals surface area contributed by atoms with E-state index in [0.717, 1.165) is 19.3 Å². The molecule has 0 aromatic rings. The monoisotopic (exact) mass is 286 g/mol. The van der Waals surface area contributed by atoms with Crippen molar-refractivity contribution in [2.24, 2.45) is 0 Å². The lowest BCUT2D eigenvalue weighted by molar-refractivity contribution is -0.138. The van der Waals surface area contributed by atoms with Gasteiger partial charge in [-0.15, -0.1) is 0 Å². The first kappa shape index (κ1) is 18.7. The van der Waals surface area contributed by atoms with Crippen LogP contribution in [-0.4, -0.2) is 51.6 Å². The number of hydrogen-bond donors (Lipinski definition) is 1. The second-order valence-corrected chi connectivity index (χ2v) is 6.24. The summed E-state index contributed by atoms with van der Waals surface area (Å²) in [4.78, 5) is 27.0. The summed E-state index contributed by atoms with van der Waals surface area (Å²) in [6, 6.07) is -0.0598. The van der Waals surface area contributed by atoms with Crippen LogP contribution in [0.2, 0.25) is 0 Å². The van der Waals surface area contributed by atoms with Crippen molar-refractivity contribution in [3.8, 4) is 0 Å². The Morgan fingerprint density at radius 1 is 1.20 bits per heavy atom. The standard InChI is InChI=1S/C15H30N2O3/c1-7-9-10-16(12(3)8-2)14(20)17(11-13(18)19)15(4,5)6/h12H,7-11H2,1-6H3,(H,18,19).